The van der Waals surface area contributed by atoms with Crippen LogP contribution < -0.4 is 4.90 Å². The molecule has 0 bridgehead atoms. The molecule has 3 rings (SSSR count). The summed E-state index contributed by atoms with van der Waals surface area (Å²) in [4.78, 5) is 13.2. The van der Waals surface area contributed by atoms with Crippen molar-refractivity contribution in [3.63, 3.8) is 0 Å². The summed E-state index contributed by atoms with van der Waals surface area (Å²) in [5.41, 5.74) is 2.32. The van der Waals surface area contributed by atoms with E-state index in [0.29, 0.717) is 17.0 Å². The van der Waals surface area contributed by atoms with Crippen LogP contribution in [0, 0.1) is 5.82 Å². The predicted octanol–water partition coefficient (Wildman–Crippen LogP) is 3.08. The molecular formula is C16H13ClFNO2. The van der Waals surface area contributed by atoms with E-state index in [4.69, 9.17) is 11.6 Å². The van der Waals surface area contributed by atoms with E-state index in [9.17, 15) is 14.3 Å². The van der Waals surface area contributed by atoms with Gasteiger partial charge in [0.25, 0.3) is 0 Å². The van der Waals surface area contributed by atoms with Crippen molar-refractivity contribution in [2.24, 2.45) is 0 Å². The molecule has 1 aliphatic heterocycles. The van der Waals surface area contributed by atoms with E-state index in [0.717, 1.165) is 11.3 Å². The maximum atomic E-state index is 13.8. The summed E-state index contributed by atoms with van der Waals surface area (Å²) < 4.78 is 13.8. The number of likely N-dealkylation sites (N-methyl/N-ethyl adjacent to an activating group) is 1. The van der Waals surface area contributed by atoms with Gasteiger partial charge in [0.15, 0.2) is 0 Å². The number of anilines is 1. The normalized spacial score (nSPS) is 15.2. The Morgan fingerprint density at radius 2 is 2.05 bits per heavy atom. The third kappa shape index (κ3) is 2.41. The van der Waals surface area contributed by atoms with Gasteiger partial charge in [0.05, 0.1) is 6.42 Å². The van der Waals surface area contributed by atoms with Crippen molar-refractivity contribution in [3.05, 3.63) is 63.9 Å². The van der Waals surface area contributed by atoms with Gasteiger partial charge in [-0.3, -0.25) is 4.79 Å². The van der Waals surface area contributed by atoms with Gasteiger partial charge in [-0.05, 0) is 35.4 Å². The maximum absolute atomic E-state index is 13.8. The second-order valence-electron chi connectivity index (χ2n) is 5.09. The number of halogens is 2. The highest BCUT2D eigenvalue weighted by atomic mass is 35.5. The standard InChI is InChI=1S/C16H13ClFNO2/c1-19-14-5-2-9(6-10(14)7-15(19)20)16(21)12-8-11(17)3-4-13(12)18/h2-6,8,16,21H,7H2,1H3. The first-order chi connectivity index (χ1) is 9.97. The van der Waals surface area contributed by atoms with E-state index in [1.54, 1.807) is 30.1 Å². The number of benzene rings is 2. The van der Waals surface area contributed by atoms with Crippen molar-refractivity contribution in [3.8, 4) is 0 Å². The molecule has 3 nitrogen and oxygen atoms in total. The number of aliphatic hydroxyl groups excluding tert-OH is 1. The Morgan fingerprint density at radius 3 is 2.81 bits per heavy atom. The van der Waals surface area contributed by atoms with Gasteiger partial charge < -0.3 is 10.0 Å². The Morgan fingerprint density at radius 1 is 1.29 bits per heavy atom. The zero-order valence-electron chi connectivity index (χ0n) is 11.3. The highest BCUT2D eigenvalue weighted by Gasteiger charge is 2.25. The van der Waals surface area contributed by atoms with E-state index in [2.05, 4.69) is 0 Å². The molecule has 1 N–H and O–H groups in total. The fraction of sp³-hybridized carbons (Fsp3) is 0.188. The van der Waals surface area contributed by atoms with E-state index in [1.165, 1.54) is 18.2 Å². The fourth-order valence-electron chi connectivity index (χ4n) is 2.56. The van der Waals surface area contributed by atoms with Crippen LogP contribution in [0.3, 0.4) is 0 Å². The average Bonchev–Trinajstić information content (AvgIpc) is 2.75. The van der Waals surface area contributed by atoms with Crippen LogP contribution in [0.2, 0.25) is 5.02 Å². The van der Waals surface area contributed by atoms with Crippen LogP contribution in [0.1, 0.15) is 22.8 Å². The number of nitrogens with zero attached hydrogens (tertiary/aromatic N) is 1. The molecular weight excluding hydrogens is 293 g/mol. The van der Waals surface area contributed by atoms with Gasteiger partial charge in [-0.15, -0.1) is 0 Å². The molecule has 0 aromatic heterocycles. The second-order valence-corrected chi connectivity index (χ2v) is 5.52. The van der Waals surface area contributed by atoms with Crippen LogP contribution >= 0.6 is 11.6 Å². The number of fused-ring (bicyclic) bond motifs is 1. The summed E-state index contributed by atoms with van der Waals surface area (Å²) in [6.45, 7) is 0. The van der Waals surface area contributed by atoms with E-state index >= 15 is 0 Å². The molecule has 108 valence electrons. The number of hydrogen-bond donors (Lipinski definition) is 1. The summed E-state index contributed by atoms with van der Waals surface area (Å²) >= 11 is 5.85. The number of rotatable bonds is 2. The van der Waals surface area contributed by atoms with Gasteiger partial charge in [0.1, 0.15) is 11.9 Å². The highest BCUT2D eigenvalue weighted by Crippen LogP contribution is 2.33. The molecule has 0 aliphatic carbocycles. The van der Waals surface area contributed by atoms with E-state index < -0.39 is 11.9 Å². The fourth-order valence-corrected chi connectivity index (χ4v) is 2.74. The summed E-state index contributed by atoms with van der Waals surface area (Å²) in [7, 11) is 1.71. The molecule has 1 aliphatic rings. The van der Waals surface area contributed by atoms with Gasteiger partial charge >= 0.3 is 0 Å². The Labute approximate surface area is 126 Å². The summed E-state index contributed by atoms with van der Waals surface area (Å²) in [6.07, 6.45) is -0.820. The lowest BCUT2D eigenvalue weighted by Gasteiger charge is -2.15. The molecule has 1 amide bonds. The first kappa shape index (κ1) is 14.0. The quantitative estimate of drug-likeness (QED) is 0.926. The van der Waals surface area contributed by atoms with Crippen LogP contribution in [0.25, 0.3) is 0 Å². The van der Waals surface area contributed by atoms with E-state index in [-0.39, 0.29) is 11.5 Å². The van der Waals surface area contributed by atoms with Gasteiger partial charge in [0, 0.05) is 23.3 Å². The number of amides is 1. The molecule has 0 radical (unpaired) electrons. The molecule has 0 saturated carbocycles. The molecule has 21 heavy (non-hydrogen) atoms. The minimum atomic E-state index is -1.12. The molecule has 1 atom stereocenters. The highest BCUT2D eigenvalue weighted by molar-refractivity contribution is 6.30. The lowest BCUT2D eigenvalue weighted by atomic mass is 9.98. The average molecular weight is 306 g/mol. The number of carbonyl (C=O) groups is 1. The zero-order valence-corrected chi connectivity index (χ0v) is 12.1. The molecule has 0 spiro atoms. The van der Waals surface area contributed by atoms with Crippen molar-refractivity contribution in [2.75, 3.05) is 11.9 Å². The third-order valence-electron chi connectivity index (χ3n) is 3.75. The number of aliphatic hydroxyl groups is 1. The third-order valence-corrected chi connectivity index (χ3v) is 3.98. The summed E-state index contributed by atoms with van der Waals surface area (Å²) in [5.74, 6) is -0.508. The minimum absolute atomic E-state index is 0.00516. The Hall–Kier alpha value is -1.91. The Bertz CT molecular complexity index is 732. The molecule has 5 heteroatoms. The zero-order chi connectivity index (χ0) is 15.1. The number of carbonyl (C=O) groups excluding carboxylic acids is 1. The lowest BCUT2D eigenvalue weighted by Crippen LogP contribution is -2.20. The molecule has 0 fully saturated rings. The van der Waals surface area contributed by atoms with E-state index in [1.807, 2.05) is 0 Å². The lowest BCUT2D eigenvalue weighted by molar-refractivity contribution is -0.117. The second kappa shape index (κ2) is 5.13. The summed E-state index contributed by atoms with van der Waals surface area (Å²) in [6, 6.07) is 9.27. The van der Waals surface area contributed by atoms with Gasteiger partial charge in [-0.2, -0.15) is 0 Å². The first-order valence-corrected chi connectivity index (χ1v) is 6.87. The van der Waals surface area contributed by atoms with Gasteiger partial charge in [-0.25, -0.2) is 4.39 Å². The molecule has 0 saturated heterocycles. The van der Waals surface area contributed by atoms with Crippen molar-refractivity contribution in [1.82, 2.24) is 0 Å². The van der Waals surface area contributed by atoms with Gasteiger partial charge in [-0.1, -0.05) is 23.7 Å². The minimum Gasteiger partial charge on any atom is -0.384 e. The monoisotopic (exact) mass is 305 g/mol. The Kier molecular flexibility index (Phi) is 3.43. The van der Waals surface area contributed by atoms with Crippen LogP contribution in [-0.4, -0.2) is 18.1 Å². The molecule has 2 aromatic carbocycles. The predicted molar refractivity (Wildman–Crippen MR) is 79.0 cm³/mol. The maximum Gasteiger partial charge on any atom is 0.231 e. The molecule has 2 aromatic rings. The smallest absolute Gasteiger partial charge is 0.231 e. The molecule has 1 unspecified atom stereocenters. The largest absolute Gasteiger partial charge is 0.384 e. The van der Waals surface area contributed by atoms with Crippen molar-refractivity contribution in [2.45, 2.75) is 12.5 Å². The Balaban J connectivity index is 2.00. The number of hydrogen-bond acceptors (Lipinski definition) is 2. The topological polar surface area (TPSA) is 40.5 Å². The van der Waals surface area contributed by atoms with Crippen LogP contribution in [0.5, 0.6) is 0 Å². The van der Waals surface area contributed by atoms with Crippen molar-refractivity contribution in [1.29, 1.82) is 0 Å². The van der Waals surface area contributed by atoms with Crippen molar-refractivity contribution < 1.29 is 14.3 Å². The van der Waals surface area contributed by atoms with Crippen LogP contribution in [0.4, 0.5) is 10.1 Å². The summed E-state index contributed by atoms with van der Waals surface area (Å²) in [5, 5.41) is 10.7. The SMILES string of the molecule is CN1C(=O)Cc2cc(C(O)c3cc(Cl)ccc3F)ccc21. The van der Waals surface area contributed by atoms with Crippen LogP contribution in [0.15, 0.2) is 36.4 Å². The van der Waals surface area contributed by atoms with Gasteiger partial charge in [0.2, 0.25) is 5.91 Å². The first-order valence-electron chi connectivity index (χ1n) is 6.50. The molecule has 1 heterocycles. The van der Waals surface area contributed by atoms with Crippen molar-refractivity contribution >= 4 is 23.2 Å². The van der Waals surface area contributed by atoms with Crippen LogP contribution in [-0.2, 0) is 11.2 Å².